The van der Waals surface area contributed by atoms with Crippen LogP contribution in [-0.2, 0) is 14.8 Å². The third-order valence-electron chi connectivity index (χ3n) is 3.45. The average Bonchev–Trinajstić information content (AvgIpc) is 3.23. The highest BCUT2D eigenvalue weighted by Gasteiger charge is 2.30. The van der Waals surface area contributed by atoms with Crippen molar-refractivity contribution >= 4 is 34.0 Å². The molecule has 0 spiro atoms. The van der Waals surface area contributed by atoms with E-state index in [4.69, 9.17) is 5.73 Å². The van der Waals surface area contributed by atoms with Crippen LogP contribution in [0.15, 0.2) is 23.1 Å². The summed E-state index contributed by atoms with van der Waals surface area (Å²) in [5.74, 6) is -1.03. The Hall–Kier alpha value is -1.22. The zero-order chi connectivity index (χ0) is 17.2. The molecule has 1 aromatic rings. The molecule has 1 fully saturated rings. The Kier molecular flexibility index (Phi) is 7.15. The molecule has 1 aliphatic rings. The van der Waals surface area contributed by atoms with Gasteiger partial charge >= 0.3 is 0 Å². The largest absolute Gasteiger partial charge is 0.325 e. The van der Waals surface area contributed by atoms with Crippen LogP contribution in [0.1, 0.15) is 33.1 Å². The lowest BCUT2D eigenvalue weighted by atomic mass is 10.0. The molecule has 0 saturated heterocycles. The van der Waals surface area contributed by atoms with E-state index >= 15 is 0 Å². The zero-order valence-electron chi connectivity index (χ0n) is 13.6. The number of nitrogens with two attached hydrogens (primary N) is 1. The van der Waals surface area contributed by atoms with E-state index in [0.29, 0.717) is 6.42 Å². The van der Waals surface area contributed by atoms with Gasteiger partial charge in [-0.1, -0.05) is 13.8 Å². The normalized spacial score (nSPS) is 15.7. The first-order valence-corrected chi connectivity index (χ1v) is 9.05. The predicted octanol–water partition coefficient (Wildman–Crippen LogP) is 2.00. The van der Waals surface area contributed by atoms with Gasteiger partial charge in [-0.3, -0.25) is 4.79 Å². The zero-order valence-corrected chi connectivity index (χ0v) is 15.2. The number of rotatable bonds is 7. The van der Waals surface area contributed by atoms with Gasteiger partial charge in [0.05, 0.1) is 6.04 Å². The number of anilines is 1. The minimum absolute atomic E-state index is 0. The fourth-order valence-corrected chi connectivity index (χ4v) is 3.53. The van der Waals surface area contributed by atoms with Gasteiger partial charge < -0.3 is 11.1 Å². The van der Waals surface area contributed by atoms with E-state index in [-0.39, 0.29) is 30.1 Å². The van der Waals surface area contributed by atoms with E-state index in [0.717, 1.165) is 25.0 Å². The van der Waals surface area contributed by atoms with Crippen LogP contribution < -0.4 is 15.8 Å². The van der Waals surface area contributed by atoms with Gasteiger partial charge in [0.2, 0.25) is 15.9 Å². The van der Waals surface area contributed by atoms with Crippen LogP contribution in [0.4, 0.5) is 10.1 Å². The molecular formula is C15H23ClFN3O3S. The number of sulfonamides is 1. The molecule has 0 unspecified atom stereocenters. The number of halogens is 2. The number of hydrogen-bond donors (Lipinski definition) is 3. The molecule has 1 saturated carbocycles. The summed E-state index contributed by atoms with van der Waals surface area (Å²) < 4.78 is 40.5. The van der Waals surface area contributed by atoms with Gasteiger partial charge in [-0.05, 0) is 43.4 Å². The van der Waals surface area contributed by atoms with Gasteiger partial charge in [-0.2, -0.15) is 0 Å². The maximum absolute atomic E-state index is 13.8. The predicted molar refractivity (Wildman–Crippen MR) is 93.1 cm³/mol. The Labute approximate surface area is 147 Å². The summed E-state index contributed by atoms with van der Waals surface area (Å²) in [6.07, 6.45) is 2.00. The van der Waals surface area contributed by atoms with Crippen molar-refractivity contribution in [2.45, 2.75) is 50.1 Å². The highest BCUT2D eigenvalue weighted by atomic mass is 35.5. The maximum Gasteiger partial charge on any atom is 0.243 e. The molecule has 1 atom stereocenters. The van der Waals surface area contributed by atoms with Gasteiger partial charge in [0, 0.05) is 11.7 Å². The molecule has 4 N–H and O–H groups in total. The number of benzene rings is 1. The van der Waals surface area contributed by atoms with E-state index in [1.54, 1.807) is 0 Å². The lowest BCUT2D eigenvalue weighted by Gasteiger charge is -2.15. The van der Waals surface area contributed by atoms with Crippen LogP contribution in [0.2, 0.25) is 0 Å². The Morgan fingerprint density at radius 1 is 1.38 bits per heavy atom. The molecule has 0 bridgehead atoms. The SMILES string of the molecule is CC(C)C[C@H](N)C(=O)Nc1ccc(F)c(S(=O)(=O)NC2CC2)c1.Cl. The third kappa shape index (κ3) is 5.70. The quantitative estimate of drug-likeness (QED) is 0.674. The number of nitrogens with one attached hydrogen (secondary N) is 2. The van der Waals surface area contributed by atoms with Gasteiger partial charge in [0.15, 0.2) is 0 Å². The number of carbonyl (C=O) groups is 1. The molecule has 0 radical (unpaired) electrons. The topological polar surface area (TPSA) is 101 Å². The van der Waals surface area contributed by atoms with Crippen molar-refractivity contribution in [2.24, 2.45) is 11.7 Å². The summed E-state index contributed by atoms with van der Waals surface area (Å²) in [5.41, 5.74) is 5.98. The molecule has 0 aliphatic heterocycles. The molecule has 1 aliphatic carbocycles. The fourth-order valence-electron chi connectivity index (χ4n) is 2.12. The highest BCUT2D eigenvalue weighted by molar-refractivity contribution is 7.89. The number of carbonyl (C=O) groups excluding carboxylic acids is 1. The van der Waals surface area contributed by atoms with Crippen molar-refractivity contribution in [3.8, 4) is 0 Å². The second-order valence-electron chi connectivity index (χ2n) is 6.27. The van der Waals surface area contributed by atoms with E-state index in [1.165, 1.54) is 6.07 Å². The van der Waals surface area contributed by atoms with Crippen molar-refractivity contribution < 1.29 is 17.6 Å². The summed E-state index contributed by atoms with van der Waals surface area (Å²) in [6, 6.07) is 2.61. The number of hydrogen-bond acceptors (Lipinski definition) is 4. The minimum Gasteiger partial charge on any atom is -0.325 e. The Morgan fingerprint density at radius 2 is 2.00 bits per heavy atom. The van der Waals surface area contributed by atoms with Crippen LogP contribution in [0, 0.1) is 11.7 Å². The van der Waals surface area contributed by atoms with E-state index in [9.17, 15) is 17.6 Å². The van der Waals surface area contributed by atoms with Crippen LogP contribution in [0.5, 0.6) is 0 Å². The lowest BCUT2D eigenvalue weighted by Crippen LogP contribution is -2.36. The summed E-state index contributed by atoms with van der Waals surface area (Å²) in [5, 5.41) is 2.53. The van der Waals surface area contributed by atoms with Crippen molar-refractivity contribution in [3.05, 3.63) is 24.0 Å². The molecule has 24 heavy (non-hydrogen) atoms. The van der Waals surface area contributed by atoms with Crippen molar-refractivity contribution in [2.75, 3.05) is 5.32 Å². The van der Waals surface area contributed by atoms with E-state index in [1.807, 2.05) is 13.8 Å². The molecule has 9 heteroatoms. The highest BCUT2D eigenvalue weighted by Crippen LogP contribution is 2.25. The Morgan fingerprint density at radius 3 is 2.54 bits per heavy atom. The monoisotopic (exact) mass is 379 g/mol. The van der Waals surface area contributed by atoms with Crippen LogP contribution in [-0.4, -0.2) is 26.4 Å². The molecule has 1 amide bonds. The summed E-state index contributed by atoms with van der Waals surface area (Å²) in [6.45, 7) is 3.89. The summed E-state index contributed by atoms with van der Waals surface area (Å²) in [4.78, 5) is 11.5. The maximum atomic E-state index is 13.8. The number of amides is 1. The molecule has 0 aromatic heterocycles. The van der Waals surface area contributed by atoms with Crippen molar-refractivity contribution in [3.63, 3.8) is 0 Å². The van der Waals surface area contributed by atoms with Crippen LogP contribution in [0.25, 0.3) is 0 Å². The minimum atomic E-state index is -3.93. The average molecular weight is 380 g/mol. The summed E-state index contributed by atoms with van der Waals surface area (Å²) >= 11 is 0. The molecule has 136 valence electrons. The molecule has 6 nitrogen and oxygen atoms in total. The van der Waals surface area contributed by atoms with Crippen molar-refractivity contribution in [1.29, 1.82) is 0 Å². The van der Waals surface area contributed by atoms with E-state index < -0.39 is 32.7 Å². The lowest BCUT2D eigenvalue weighted by molar-refractivity contribution is -0.117. The molecule has 1 aromatic carbocycles. The van der Waals surface area contributed by atoms with Crippen LogP contribution >= 0.6 is 12.4 Å². The first kappa shape index (κ1) is 20.8. The molecular weight excluding hydrogens is 357 g/mol. The van der Waals surface area contributed by atoms with Gasteiger partial charge in [-0.25, -0.2) is 17.5 Å². The van der Waals surface area contributed by atoms with Gasteiger partial charge in [0.1, 0.15) is 10.7 Å². The van der Waals surface area contributed by atoms with Crippen molar-refractivity contribution in [1.82, 2.24) is 4.72 Å². The van der Waals surface area contributed by atoms with E-state index in [2.05, 4.69) is 10.0 Å². The Bertz CT molecular complexity index is 693. The third-order valence-corrected chi connectivity index (χ3v) is 4.99. The first-order chi connectivity index (χ1) is 10.7. The fraction of sp³-hybridized carbons (Fsp3) is 0.533. The smallest absolute Gasteiger partial charge is 0.243 e. The van der Waals surface area contributed by atoms with Gasteiger partial charge in [0.25, 0.3) is 0 Å². The standard InChI is InChI=1S/C15H22FN3O3S.ClH/c1-9(2)7-13(17)15(20)18-11-5-6-12(16)14(8-11)23(21,22)19-10-3-4-10;/h5-6,8-10,13,19H,3-4,7,17H2,1-2H3,(H,18,20);1H/t13-;/m0./s1. The first-order valence-electron chi connectivity index (χ1n) is 7.57. The Balaban J connectivity index is 0.00000288. The summed E-state index contributed by atoms with van der Waals surface area (Å²) in [7, 11) is -3.93. The second-order valence-corrected chi connectivity index (χ2v) is 7.95. The molecule has 2 rings (SSSR count). The van der Waals surface area contributed by atoms with Gasteiger partial charge in [-0.15, -0.1) is 12.4 Å². The second kappa shape index (κ2) is 8.24. The van der Waals surface area contributed by atoms with Crippen LogP contribution in [0.3, 0.4) is 0 Å². The molecule has 0 heterocycles.